The van der Waals surface area contributed by atoms with E-state index >= 15 is 0 Å². The number of aliphatic imine (C=N–C) groups is 1. The number of nitrogens with zero attached hydrogens (tertiary/aromatic N) is 2. The molecule has 6 saturated heterocycles. The van der Waals surface area contributed by atoms with Crippen LogP contribution in [0.15, 0.2) is 29.0 Å². The highest BCUT2D eigenvalue weighted by Gasteiger charge is 2.67. The largest absolute Gasteiger partial charge is 0.457 e. The number of nitrogens with two attached hydrogens (primary N) is 2. The van der Waals surface area contributed by atoms with Crippen molar-refractivity contribution in [2.24, 2.45) is 57.9 Å². The number of piperidine rings is 2. The van der Waals surface area contributed by atoms with E-state index in [1.54, 1.807) is 0 Å². The number of aliphatic hydroxyl groups excluding tert-OH is 1. The zero-order chi connectivity index (χ0) is 38.7. The van der Waals surface area contributed by atoms with Gasteiger partial charge in [-0.05, 0) is 108 Å². The van der Waals surface area contributed by atoms with Crippen molar-refractivity contribution in [1.29, 1.82) is 0 Å². The second-order valence-corrected chi connectivity index (χ2v) is 19.9. The van der Waals surface area contributed by atoms with Crippen LogP contribution in [0.4, 0.5) is 0 Å². The number of rotatable bonds is 5. The van der Waals surface area contributed by atoms with Gasteiger partial charge in [-0.25, -0.2) is 4.79 Å². The SMILES string of the molecule is CC1CC(=O)C2C(CC3OC(C)(C)C4OC(=O)C5(CCCC4C3C2O)OC5CCC2CC(N)NC3C2CCCC2C(N)NC(CN4C=C5C=CN=C5C4)CC23)O1. The predicted octanol–water partition coefficient (Wildman–Crippen LogP) is 2.65. The van der Waals surface area contributed by atoms with Gasteiger partial charge in [-0.1, -0.05) is 6.42 Å². The lowest BCUT2D eigenvalue weighted by Crippen LogP contribution is -2.67. The van der Waals surface area contributed by atoms with Crippen molar-refractivity contribution in [2.45, 2.75) is 170 Å². The molecule has 8 heterocycles. The number of ether oxygens (including phenoxy) is 4. The van der Waals surface area contributed by atoms with Crippen molar-refractivity contribution in [3.63, 3.8) is 0 Å². The topological polar surface area (TPSA) is 186 Å². The van der Waals surface area contributed by atoms with Gasteiger partial charge in [-0.2, -0.15) is 0 Å². The van der Waals surface area contributed by atoms with E-state index in [4.69, 9.17) is 30.4 Å². The van der Waals surface area contributed by atoms with Gasteiger partial charge >= 0.3 is 5.97 Å². The molecule has 56 heavy (non-hydrogen) atoms. The molecule has 0 radical (unpaired) electrons. The molecule has 0 aromatic carbocycles. The smallest absolute Gasteiger partial charge is 0.341 e. The number of hydrogen-bond donors (Lipinski definition) is 5. The summed E-state index contributed by atoms with van der Waals surface area (Å²) < 4.78 is 25.8. The van der Waals surface area contributed by atoms with Crippen LogP contribution in [0.25, 0.3) is 0 Å². The Hall–Kier alpha value is -2.23. The second kappa shape index (κ2) is 14.2. The van der Waals surface area contributed by atoms with E-state index in [0.29, 0.717) is 55.0 Å². The van der Waals surface area contributed by atoms with Crippen molar-refractivity contribution in [2.75, 3.05) is 13.1 Å². The van der Waals surface area contributed by atoms with Crippen LogP contribution < -0.4 is 22.1 Å². The summed E-state index contributed by atoms with van der Waals surface area (Å²) in [6.45, 7) is 7.68. The molecule has 7 N–H and O–H groups in total. The Bertz CT molecular complexity index is 1670. The molecule has 13 nitrogen and oxygen atoms in total. The lowest BCUT2D eigenvalue weighted by molar-refractivity contribution is -0.280. The number of carbonyl (C=O) groups excluding carboxylic acids is 2. The fraction of sp³-hybridized carbons (Fsp3) is 0.837. The van der Waals surface area contributed by atoms with Gasteiger partial charge in [-0.15, -0.1) is 0 Å². The maximum atomic E-state index is 14.2. The monoisotopic (exact) mass is 776 g/mol. The van der Waals surface area contributed by atoms with E-state index in [9.17, 15) is 14.7 Å². The summed E-state index contributed by atoms with van der Waals surface area (Å²) in [5.74, 6) is 0.606. The Morgan fingerprint density at radius 3 is 2.64 bits per heavy atom. The Balaban J connectivity index is 0.798. The quantitative estimate of drug-likeness (QED) is 0.204. The van der Waals surface area contributed by atoms with Gasteiger partial charge in [0, 0.05) is 61.3 Å². The molecule has 2 aliphatic carbocycles. The molecular weight excluding hydrogens is 713 g/mol. The van der Waals surface area contributed by atoms with Crippen molar-refractivity contribution in [1.82, 2.24) is 15.5 Å². The molecule has 10 aliphatic rings. The summed E-state index contributed by atoms with van der Waals surface area (Å²) >= 11 is 0. The lowest BCUT2D eigenvalue weighted by atomic mass is 9.61. The highest BCUT2D eigenvalue weighted by atomic mass is 16.7. The van der Waals surface area contributed by atoms with E-state index in [2.05, 4.69) is 32.8 Å². The Labute approximate surface area is 331 Å². The van der Waals surface area contributed by atoms with Crippen molar-refractivity contribution in [3.05, 3.63) is 24.0 Å². The first kappa shape index (κ1) is 38.0. The number of nitrogens with one attached hydrogen (secondary N) is 2. The van der Waals surface area contributed by atoms with Gasteiger partial charge < -0.3 is 40.4 Å². The average molecular weight is 777 g/mol. The number of ketones is 1. The molecule has 8 fully saturated rings. The molecule has 18 atom stereocenters. The molecule has 0 aromatic rings. The van der Waals surface area contributed by atoms with Gasteiger partial charge in [0.2, 0.25) is 0 Å². The average Bonchev–Trinajstić information content (AvgIpc) is 3.55. The number of Topliss-reactive ketones (excluding diaryl/α,β-unsaturated/α-hetero) is 1. The second-order valence-electron chi connectivity index (χ2n) is 19.9. The third-order valence-corrected chi connectivity index (χ3v) is 16.1. The van der Waals surface area contributed by atoms with E-state index in [1.165, 1.54) is 5.57 Å². The summed E-state index contributed by atoms with van der Waals surface area (Å²) in [6, 6.07) is 0.610. The van der Waals surface area contributed by atoms with Crippen LogP contribution >= 0.6 is 0 Å². The van der Waals surface area contributed by atoms with Gasteiger partial charge in [0.05, 0.1) is 61.0 Å². The van der Waals surface area contributed by atoms with Crippen molar-refractivity contribution >= 4 is 17.5 Å². The minimum Gasteiger partial charge on any atom is -0.457 e. The Morgan fingerprint density at radius 2 is 1.80 bits per heavy atom. The summed E-state index contributed by atoms with van der Waals surface area (Å²) in [5.41, 5.74) is 14.4. The molecular formula is C43H64N6O7. The highest BCUT2D eigenvalue weighted by molar-refractivity contribution is 6.07. The first-order valence-corrected chi connectivity index (χ1v) is 22.0. The molecule has 308 valence electrons. The minimum absolute atomic E-state index is 0.0381. The first-order chi connectivity index (χ1) is 26.9. The number of aliphatic hydroxyl groups is 1. The minimum atomic E-state index is -0.930. The van der Waals surface area contributed by atoms with Crippen LogP contribution in [0, 0.1) is 41.4 Å². The number of fused-ring (bicyclic) bond motifs is 8. The van der Waals surface area contributed by atoms with E-state index < -0.39 is 29.3 Å². The molecule has 10 rings (SSSR count). The van der Waals surface area contributed by atoms with Crippen LogP contribution in [-0.2, 0) is 28.5 Å². The normalized spacial score (nSPS) is 50.5. The van der Waals surface area contributed by atoms with Gasteiger partial charge in [0.15, 0.2) is 5.60 Å². The molecule has 0 bridgehead atoms. The van der Waals surface area contributed by atoms with Crippen LogP contribution in [0.5, 0.6) is 0 Å². The molecule has 18 unspecified atom stereocenters. The predicted molar refractivity (Wildman–Crippen MR) is 208 cm³/mol. The van der Waals surface area contributed by atoms with Crippen molar-refractivity contribution < 1.29 is 33.6 Å². The molecule has 0 amide bonds. The molecule has 8 aliphatic heterocycles. The number of allylic oxidation sites excluding steroid dienone is 1. The molecule has 0 aromatic heterocycles. The van der Waals surface area contributed by atoms with Crippen LogP contribution in [0.2, 0.25) is 0 Å². The zero-order valence-corrected chi connectivity index (χ0v) is 33.4. The highest BCUT2D eigenvalue weighted by Crippen LogP contribution is 2.55. The van der Waals surface area contributed by atoms with E-state index in [1.807, 2.05) is 27.0 Å². The van der Waals surface area contributed by atoms with E-state index in [0.717, 1.165) is 76.6 Å². The van der Waals surface area contributed by atoms with Gasteiger partial charge in [-0.3, -0.25) is 20.4 Å². The number of carbonyl (C=O) groups is 2. The third kappa shape index (κ3) is 6.46. The zero-order valence-electron chi connectivity index (χ0n) is 33.4. The number of esters is 1. The molecule has 13 heteroatoms. The Morgan fingerprint density at radius 1 is 0.982 bits per heavy atom. The molecule has 2 saturated carbocycles. The lowest BCUT2D eigenvalue weighted by Gasteiger charge is -2.57. The first-order valence-electron chi connectivity index (χ1n) is 22.0. The van der Waals surface area contributed by atoms with Crippen LogP contribution in [-0.4, -0.2) is 113 Å². The summed E-state index contributed by atoms with van der Waals surface area (Å²) in [4.78, 5) is 34.3. The van der Waals surface area contributed by atoms with Crippen LogP contribution in [0.3, 0.4) is 0 Å². The van der Waals surface area contributed by atoms with Crippen LogP contribution in [0.1, 0.15) is 97.8 Å². The fourth-order valence-electron chi connectivity index (χ4n) is 13.8. The van der Waals surface area contributed by atoms with E-state index in [-0.39, 0.29) is 60.3 Å². The third-order valence-electron chi connectivity index (χ3n) is 16.1. The summed E-state index contributed by atoms with van der Waals surface area (Å²) in [7, 11) is 0. The number of hydrogen-bond acceptors (Lipinski definition) is 13. The Kier molecular flexibility index (Phi) is 9.64. The standard InChI is InChI=1S/C43H64N6O7/c1-21-14-30(50)36-31(53-21)17-32-35(38(36)51)27-8-5-12-43(41(52)54-39(27)42(2,3)55-32)33(56-43)10-9-22-15-34(44)48-37-25(22)6-4-7-26-28(37)16-24(47-40(26)45)19-49-18-23-11-13-46-29(23)20-49/h11,13,18,21-22,24-28,31-40,47-48,51H,4-10,12,14-17,19-20,44-45H2,1-3H3. The summed E-state index contributed by atoms with van der Waals surface area (Å²) in [5, 5.41) is 19.4. The maximum Gasteiger partial charge on any atom is 0.341 e. The maximum absolute atomic E-state index is 14.2. The fourth-order valence-corrected chi connectivity index (χ4v) is 13.8. The summed E-state index contributed by atoms with van der Waals surface area (Å²) in [6.07, 6.45) is 14.0. The molecule has 1 spiro atoms. The number of epoxide rings is 1. The van der Waals surface area contributed by atoms with Gasteiger partial charge in [0.1, 0.15) is 17.5 Å². The van der Waals surface area contributed by atoms with Crippen molar-refractivity contribution in [3.8, 4) is 0 Å². The van der Waals surface area contributed by atoms with Gasteiger partial charge in [0.25, 0.3) is 0 Å².